The molecule has 1 rings (SSSR count). The van der Waals surface area contributed by atoms with Gasteiger partial charge in [0, 0.05) is 13.0 Å². The first-order valence-corrected chi connectivity index (χ1v) is 18.0. The molecule has 0 radical (unpaired) electrons. The number of hydrogen-bond acceptors (Lipinski definition) is 6. The molecule has 0 saturated heterocycles. The van der Waals surface area contributed by atoms with Crippen molar-refractivity contribution in [3.05, 3.63) is 11.3 Å². The van der Waals surface area contributed by atoms with Crippen LogP contribution >= 0.6 is 0 Å². The number of rotatable bonds is 6. The van der Waals surface area contributed by atoms with Gasteiger partial charge < -0.3 is 18.3 Å². The lowest BCUT2D eigenvalue weighted by Crippen LogP contribution is -2.54. The molecule has 0 spiro atoms. The minimum absolute atomic E-state index is 0.0198. The summed E-state index contributed by atoms with van der Waals surface area (Å²) in [5, 5.41) is -0.0648. The van der Waals surface area contributed by atoms with E-state index in [1.165, 1.54) is 7.11 Å². The fraction of sp³-hybridized carbons (Fsp3) is 0.840. The van der Waals surface area contributed by atoms with Gasteiger partial charge in [0.25, 0.3) is 0 Å². The summed E-state index contributed by atoms with van der Waals surface area (Å²) in [5.41, 5.74) is -0.294. The average Bonchev–Trinajstić information content (AvgIpc) is 2.62. The number of esters is 1. The fourth-order valence-electron chi connectivity index (χ4n) is 3.00. The van der Waals surface area contributed by atoms with Gasteiger partial charge in [-0.05, 0) is 57.0 Å². The van der Waals surface area contributed by atoms with E-state index in [0.29, 0.717) is 24.3 Å². The molecule has 0 fully saturated rings. The van der Waals surface area contributed by atoms with Gasteiger partial charge in [-0.15, -0.1) is 0 Å². The van der Waals surface area contributed by atoms with Gasteiger partial charge in [-0.3, -0.25) is 4.90 Å². The van der Waals surface area contributed by atoms with E-state index in [9.17, 15) is 9.59 Å². The molecule has 0 bridgehead atoms. The van der Waals surface area contributed by atoms with E-state index >= 15 is 0 Å². The van der Waals surface area contributed by atoms with Crippen LogP contribution in [0.5, 0.6) is 0 Å². The second kappa shape index (κ2) is 10.3. The minimum Gasteiger partial charge on any atom is -0.546 e. The number of amides is 1. The van der Waals surface area contributed by atoms with Crippen molar-refractivity contribution in [2.24, 2.45) is 0 Å². The van der Waals surface area contributed by atoms with Crippen LogP contribution in [0.15, 0.2) is 11.3 Å². The molecule has 0 N–H and O–H groups in total. The summed E-state index contributed by atoms with van der Waals surface area (Å²) >= 11 is 0. The molecule has 1 heterocycles. The zero-order valence-corrected chi connectivity index (χ0v) is 26.1. The van der Waals surface area contributed by atoms with E-state index in [0.717, 1.165) is 0 Å². The molecule has 0 aromatic carbocycles. The molecule has 0 saturated carbocycles. The third-order valence-electron chi connectivity index (χ3n) is 7.22. The zero-order chi connectivity index (χ0) is 26.9. The Kier molecular flexibility index (Phi) is 9.34. The van der Waals surface area contributed by atoms with E-state index in [-0.39, 0.29) is 16.7 Å². The Hall–Kier alpha value is -1.33. The predicted octanol–water partition coefficient (Wildman–Crippen LogP) is 6.47. The number of ether oxygens (including phenoxy) is 2. The molecule has 9 heteroatoms. The van der Waals surface area contributed by atoms with Crippen molar-refractivity contribution in [3.8, 4) is 0 Å². The minimum atomic E-state index is -2.23. The second-order valence-corrected chi connectivity index (χ2v) is 22.7. The Morgan fingerprint density at radius 2 is 1.41 bits per heavy atom. The fourth-order valence-corrected chi connectivity index (χ4v) is 5.14. The van der Waals surface area contributed by atoms with E-state index < -0.39 is 40.3 Å². The van der Waals surface area contributed by atoms with Gasteiger partial charge >= 0.3 is 12.1 Å². The van der Waals surface area contributed by atoms with Gasteiger partial charge in [-0.25, -0.2) is 9.59 Å². The lowest BCUT2D eigenvalue weighted by molar-refractivity contribution is -0.137. The molecule has 0 unspecified atom stereocenters. The van der Waals surface area contributed by atoms with Crippen molar-refractivity contribution in [1.82, 2.24) is 4.90 Å². The molecule has 1 amide bonds. The van der Waals surface area contributed by atoms with Crippen LogP contribution in [-0.4, -0.2) is 65.5 Å². The van der Waals surface area contributed by atoms with Crippen LogP contribution in [0.4, 0.5) is 4.79 Å². The lowest BCUT2D eigenvalue weighted by Gasteiger charge is -2.44. The smallest absolute Gasteiger partial charge is 0.410 e. The summed E-state index contributed by atoms with van der Waals surface area (Å²) in [6, 6.07) is -0.648. The van der Waals surface area contributed by atoms with E-state index in [1.54, 1.807) is 4.90 Å². The van der Waals surface area contributed by atoms with Crippen LogP contribution in [0.3, 0.4) is 0 Å². The highest BCUT2D eigenvalue weighted by molar-refractivity contribution is 6.74. The molecule has 7 nitrogen and oxygen atoms in total. The molecule has 1 aliphatic heterocycles. The van der Waals surface area contributed by atoms with Crippen molar-refractivity contribution in [1.29, 1.82) is 0 Å². The third kappa shape index (κ3) is 7.58. The van der Waals surface area contributed by atoms with E-state index in [1.807, 2.05) is 20.8 Å². The van der Waals surface area contributed by atoms with Crippen LogP contribution in [0.1, 0.15) is 68.7 Å². The van der Waals surface area contributed by atoms with Crippen molar-refractivity contribution in [3.63, 3.8) is 0 Å². The monoisotopic (exact) mass is 515 g/mol. The molecule has 0 aromatic rings. The van der Waals surface area contributed by atoms with Crippen molar-refractivity contribution < 1.29 is 27.9 Å². The Morgan fingerprint density at radius 3 is 1.82 bits per heavy atom. The maximum atomic E-state index is 13.2. The topological polar surface area (TPSA) is 74.3 Å². The SMILES string of the molecule is COC(=O)C1=C(O[Si](C)(C)C(C)(C)C)CCN(C(=O)OC(C)(C)C)[C@@H]1CO[Si](C)(C)C(C)(C)C. The first kappa shape index (κ1) is 30.7. The quantitative estimate of drug-likeness (QED) is 0.298. The summed E-state index contributed by atoms with van der Waals surface area (Å²) in [4.78, 5) is 27.9. The predicted molar refractivity (Wildman–Crippen MR) is 142 cm³/mol. The standard InChI is InChI=1S/C25H49NO6Si2/c1-23(2,3)31-22(28)26-16-15-19(32-34(13,14)25(7,8)9)20(21(27)29-10)18(26)17-30-33(11,12)24(4,5)6/h18H,15-17H2,1-14H3/t18-/m1/s1. The van der Waals surface area contributed by atoms with Crippen LogP contribution in [-0.2, 0) is 23.1 Å². The second-order valence-electron chi connectivity index (χ2n) is 13.2. The summed E-state index contributed by atoms with van der Waals surface area (Å²) < 4.78 is 24.0. The molecule has 1 atom stereocenters. The maximum Gasteiger partial charge on any atom is 0.410 e. The molecular formula is C25H49NO6Si2. The number of carbonyl (C=O) groups excluding carboxylic acids is 2. The van der Waals surface area contributed by atoms with Gasteiger partial charge in [0.15, 0.2) is 8.32 Å². The van der Waals surface area contributed by atoms with Gasteiger partial charge in [-0.2, -0.15) is 0 Å². The van der Waals surface area contributed by atoms with Crippen molar-refractivity contribution in [2.75, 3.05) is 20.3 Å². The maximum absolute atomic E-state index is 13.2. The number of nitrogens with zero attached hydrogens (tertiary/aromatic N) is 1. The van der Waals surface area contributed by atoms with Gasteiger partial charge in [0.05, 0.1) is 31.1 Å². The summed E-state index contributed by atoms with van der Waals surface area (Å²) in [7, 11) is -3.03. The summed E-state index contributed by atoms with van der Waals surface area (Å²) in [5.74, 6) is 0.118. The first-order chi connectivity index (χ1) is 15.0. The van der Waals surface area contributed by atoms with Crippen LogP contribution in [0.2, 0.25) is 36.3 Å². The highest BCUT2D eigenvalue weighted by Crippen LogP contribution is 2.41. The normalized spacial score (nSPS) is 18.6. The van der Waals surface area contributed by atoms with Crippen LogP contribution < -0.4 is 0 Å². The Bertz CT molecular complexity index is 785. The third-order valence-corrected chi connectivity index (χ3v) is 16.1. The summed E-state index contributed by atoms with van der Waals surface area (Å²) in [6.07, 6.45) is -0.0450. The Morgan fingerprint density at radius 1 is 0.912 bits per heavy atom. The molecule has 198 valence electrons. The highest BCUT2D eigenvalue weighted by Gasteiger charge is 2.46. The highest BCUT2D eigenvalue weighted by atomic mass is 28.4. The van der Waals surface area contributed by atoms with Gasteiger partial charge in [0.2, 0.25) is 8.32 Å². The number of methoxy groups -OCH3 is 1. The van der Waals surface area contributed by atoms with Crippen molar-refractivity contribution in [2.45, 2.75) is 117 Å². The Labute approximate surface area is 209 Å². The number of carbonyl (C=O) groups is 2. The largest absolute Gasteiger partial charge is 0.546 e. The van der Waals surface area contributed by atoms with Crippen LogP contribution in [0, 0.1) is 0 Å². The molecule has 0 aromatic heterocycles. The molecule has 1 aliphatic rings. The van der Waals surface area contributed by atoms with E-state index in [2.05, 4.69) is 67.7 Å². The molecule has 34 heavy (non-hydrogen) atoms. The first-order valence-electron chi connectivity index (χ1n) is 12.2. The molecule has 0 aliphatic carbocycles. The molecular weight excluding hydrogens is 466 g/mol. The zero-order valence-electron chi connectivity index (χ0n) is 24.1. The van der Waals surface area contributed by atoms with Gasteiger partial charge in [-0.1, -0.05) is 41.5 Å². The van der Waals surface area contributed by atoms with Gasteiger partial charge in [0.1, 0.15) is 5.60 Å². The Balaban J connectivity index is 3.56. The van der Waals surface area contributed by atoms with Crippen molar-refractivity contribution >= 4 is 28.7 Å². The number of hydrogen-bond donors (Lipinski definition) is 0. The summed E-state index contributed by atoms with van der Waals surface area (Å²) in [6.45, 7) is 27.6. The van der Waals surface area contributed by atoms with Crippen LogP contribution in [0.25, 0.3) is 0 Å². The average molecular weight is 516 g/mol. The van der Waals surface area contributed by atoms with E-state index in [4.69, 9.17) is 18.3 Å². The lowest BCUT2D eigenvalue weighted by atomic mass is 9.99.